The molecule has 1 aromatic rings. The van der Waals surface area contributed by atoms with Crippen LogP contribution in [-0.2, 0) is 40.5 Å². The van der Waals surface area contributed by atoms with E-state index in [1.54, 1.807) is 30.3 Å². The zero-order valence-corrected chi connectivity index (χ0v) is 14.1. The maximum Gasteiger partial charge on any atom is 0.183 e. The summed E-state index contributed by atoms with van der Waals surface area (Å²) in [4.78, 5) is 41.7. The fourth-order valence-electron chi connectivity index (χ4n) is 2.07. The van der Waals surface area contributed by atoms with E-state index in [0.29, 0.717) is 5.56 Å². The van der Waals surface area contributed by atoms with Gasteiger partial charge in [0.05, 0.1) is 27.4 Å². The maximum atomic E-state index is 12.8. The van der Waals surface area contributed by atoms with Gasteiger partial charge in [0, 0.05) is 7.77 Å². The van der Waals surface area contributed by atoms with Crippen molar-refractivity contribution in [2.75, 3.05) is 21.3 Å². The molecule has 0 aliphatic carbocycles. The lowest BCUT2D eigenvalue weighted by molar-refractivity contribution is -0.415. The average Bonchev–Trinajstić information content (AvgIpc) is 2.62. The summed E-state index contributed by atoms with van der Waals surface area (Å²) >= 11 is 0. The van der Waals surface area contributed by atoms with Crippen molar-refractivity contribution in [2.45, 2.75) is 37.7 Å². The Kier molecular flexibility index (Phi) is 8.85. The molecular weight excluding hydrogens is 320 g/mol. The highest BCUT2D eigenvalue weighted by atomic mass is 17.2. The molecule has 0 amide bonds. The van der Waals surface area contributed by atoms with Crippen LogP contribution in [-0.4, -0.2) is 56.6 Å². The van der Waals surface area contributed by atoms with Crippen LogP contribution in [0.4, 0.5) is 0 Å². The van der Waals surface area contributed by atoms with Crippen molar-refractivity contribution in [2.24, 2.45) is 0 Å². The number of aliphatic hydroxyl groups is 1. The molecule has 1 rings (SSSR count). The van der Waals surface area contributed by atoms with E-state index < -0.39 is 36.6 Å². The van der Waals surface area contributed by atoms with E-state index in [-0.39, 0.29) is 0 Å². The van der Waals surface area contributed by atoms with Gasteiger partial charge in [0.1, 0.15) is 0 Å². The Labute approximate surface area is 142 Å². The van der Waals surface area contributed by atoms with Gasteiger partial charge < -0.3 is 5.11 Å². The number of rotatable bonds is 12. The Morgan fingerprint density at radius 1 is 1.04 bits per heavy atom. The van der Waals surface area contributed by atoms with E-state index in [1.807, 2.05) is 0 Å². The summed E-state index contributed by atoms with van der Waals surface area (Å²) in [6.07, 6.45) is -6.17. The molecule has 0 saturated heterocycles. The molecule has 0 saturated carbocycles. The van der Waals surface area contributed by atoms with Gasteiger partial charge in [-0.1, -0.05) is 30.3 Å². The second-order valence-corrected chi connectivity index (χ2v) is 4.84. The first-order valence-electron chi connectivity index (χ1n) is 7.83. The summed E-state index contributed by atoms with van der Waals surface area (Å²) in [5, 5.41) is 9.90. The van der Waals surface area contributed by atoms with E-state index in [2.05, 4.69) is 14.7 Å². The number of carbonyl (C=O) groups is 1. The van der Waals surface area contributed by atoms with E-state index in [4.69, 9.17) is 16.0 Å². The van der Waals surface area contributed by atoms with Crippen LogP contribution in [0.25, 0.3) is 0 Å². The highest BCUT2D eigenvalue weighted by molar-refractivity contribution is 5.85. The first kappa shape index (κ1) is 18.9. The lowest BCUT2D eigenvalue weighted by atomic mass is 9.97. The highest BCUT2D eigenvalue weighted by Crippen LogP contribution is 2.19. The molecule has 0 aliphatic heterocycles. The van der Waals surface area contributed by atoms with Crippen LogP contribution in [0, 0.1) is 0 Å². The Morgan fingerprint density at radius 2 is 1.58 bits per heavy atom. The van der Waals surface area contributed by atoms with Gasteiger partial charge in [-0.2, -0.15) is 0 Å². The van der Waals surface area contributed by atoms with Gasteiger partial charge in [-0.3, -0.25) is 4.79 Å². The smallest absolute Gasteiger partial charge is 0.183 e. The molecule has 24 heavy (non-hydrogen) atoms. The Bertz CT molecular complexity index is 498. The van der Waals surface area contributed by atoms with Gasteiger partial charge >= 0.3 is 0 Å². The van der Waals surface area contributed by atoms with Crippen LogP contribution in [0.2, 0.25) is 0 Å². The topological polar surface area (TPSA) is 92.7 Å². The molecule has 5 atom stereocenters. The SMILES string of the molecule is [2H]C(C(=O)[C@H](OOC)[C@H](OOC)[C@H](OOC)[C@@H](C)O)c1ccccc1. The third kappa shape index (κ3) is 6.25. The zero-order chi connectivity index (χ0) is 18.8. The number of Topliss-reactive ketones (excluding diaryl/α,β-unsaturated/α-hetero) is 1. The highest BCUT2D eigenvalue weighted by Gasteiger charge is 2.41. The second kappa shape index (κ2) is 11.2. The minimum atomic E-state index is -1.41. The maximum absolute atomic E-state index is 12.8. The summed E-state index contributed by atoms with van der Waals surface area (Å²) in [6, 6.07) is 8.49. The molecule has 8 nitrogen and oxygen atoms in total. The Balaban J connectivity index is 3.12. The van der Waals surface area contributed by atoms with Crippen LogP contribution >= 0.6 is 0 Å². The molecule has 0 fully saturated rings. The van der Waals surface area contributed by atoms with Crippen LogP contribution < -0.4 is 0 Å². The van der Waals surface area contributed by atoms with Crippen molar-refractivity contribution in [1.82, 2.24) is 0 Å². The Hall–Kier alpha value is -1.39. The number of hydrogen-bond donors (Lipinski definition) is 1. The number of hydrogen-bond acceptors (Lipinski definition) is 8. The van der Waals surface area contributed by atoms with Crippen molar-refractivity contribution in [3.63, 3.8) is 0 Å². The number of carbonyl (C=O) groups excluding carboxylic acids is 1. The number of ketones is 1. The fourth-order valence-corrected chi connectivity index (χ4v) is 2.07. The molecule has 0 aromatic heterocycles. The molecule has 0 radical (unpaired) electrons. The van der Waals surface area contributed by atoms with Gasteiger partial charge in [-0.05, 0) is 12.5 Å². The zero-order valence-electron chi connectivity index (χ0n) is 15.1. The first-order chi connectivity index (χ1) is 12.0. The molecule has 1 unspecified atom stereocenters. The standard InChI is InChI=1S/C16H24O8/c1-11(17)14(22-19-2)16(24-21-4)15(23-20-3)13(18)10-12-8-6-5-7-9-12/h5-9,11,14-17H,10H2,1-4H3/t11-,14-,15+,16-/m1/s1/i10D/t10?,11-,14-,15+,16-. The molecule has 0 aliphatic rings. The van der Waals surface area contributed by atoms with Gasteiger partial charge in [0.2, 0.25) is 0 Å². The van der Waals surface area contributed by atoms with Crippen LogP contribution in [0.1, 0.15) is 13.9 Å². The second-order valence-electron chi connectivity index (χ2n) is 4.84. The van der Waals surface area contributed by atoms with E-state index in [9.17, 15) is 9.90 Å². The summed E-state index contributed by atoms with van der Waals surface area (Å²) in [5.74, 6) is -0.666. The van der Waals surface area contributed by atoms with Gasteiger partial charge in [-0.15, -0.1) is 0 Å². The average molecular weight is 345 g/mol. The fraction of sp³-hybridized carbons (Fsp3) is 0.562. The summed E-state index contributed by atoms with van der Waals surface area (Å²) in [7, 11) is 3.67. The van der Waals surface area contributed by atoms with Crippen LogP contribution in [0.15, 0.2) is 30.3 Å². The van der Waals surface area contributed by atoms with Crippen molar-refractivity contribution in [3.05, 3.63) is 35.9 Å². The molecule has 0 bridgehead atoms. The molecule has 1 N–H and O–H groups in total. The largest absolute Gasteiger partial charge is 0.390 e. The van der Waals surface area contributed by atoms with E-state index >= 15 is 0 Å². The third-order valence-corrected chi connectivity index (χ3v) is 3.10. The molecule has 8 heteroatoms. The molecule has 0 spiro atoms. The first-order valence-corrected chi connectivity index (χ1v) is 7.25. The lowest BCUT2D eigenvalue weighted by Gasteiger charge is -2.30. The lowest BCUT2D eigenvalue weighted by Crippen LogP contribution is -2.51. The van der Waals surface area contributed by atoms with Crippen molar-refractivity contribution in [3.8, 4) is 0 Å². The van der Waals surface area contributed by atoms with Crippen LogP contribution in [0.3, 0.4) is 0 Å². The predicted octanol–water partition coefficient (Wildman–Crippen LogP) is 1.02. The monoisotopic (exact) mass is 345 g/mol. The minimum Gasteiger partial charge on any atom is -0.390 e. The normalized spacial score (nSPS) is 18.3. The molecular formula is C16H24O8. The minimum absolute atomic E-state index is 0.467. The van der Waals surface area contributed by atoms with Gasteiger partial charge in [0.25, 0.3) is 0 Å². The Morgan fingerprint density at radius 3 is 2.08 bits per heavy atom. The van der Waals surface area contributed by atoms with Gasteiger partial charge in [-0.25, -0.2) is 29.3 Å². The van der Waals surface area contributed by atoms with E-state index in [1.165, 1.54) is 28.3 Å². The quantitative estimate of drug-likeness (QED) is 0.443. The van der Waals surface area contributed by atoms with Crippen molar-refractivity contribution in [1.29, 1.82) is 0 Å². The molecule has 1 aromatic carbocycles. The third-order valence-electron chi connectivity index (χ3n) is 3.10. The van der Waals surface area contributed by atoms with Crippen LogP contribution in [0.5, 0.6) is 0 Å². The van der Waals surface area contributed by atoms with Crippen molar-refractivity contribution >= 4 is 5.78 Å². The predicted molar refractivity (Wildman–Crippen MR) is 82.5 cm³/mol. The van der Waals surface area contributed by atoms with Crippen molar-refractivity contribution < 1.29 is 40.6 Å². The summed E-state index contributed by atoms with van der Waals surface area (Å²) in [5.41, 5.74) is 0.467. The summed E-state index contributed by atoms with van der Waals surface area (Å²) in [6.45, 7) is 1.42. The molecule has 136 valence electrons. The number of aliphatic hydroxyl groups excluding tert-OH is 1. The molecule has 0 heterocycles. The number of benzene rings is 1. The summed E-state index contributed by atoms with van der Waals surface area (Å²) < 4.78 is 8.19. The van der Waals surface area contributed by atoms with Gasteiger partial charge in [0.15, 0.2) is 24.1 Å². The van der Waals surface area contributed by atoms with E-state index in [0.717, 1.165) is 0 Å².